The van der Waals surface area contributed by atoms with E-state index in [0.29, 0.717) is 0 Å². The summed E-state index contributed by atoms with van der Waals surface area (Å²) >= 11 is 0. The molecule has 0 amide bonds. The van der Waals surface area contributed by atoms with E-state index in [9.17, 15) is 0 Å². The number of nitrogens with one attached hydrogen (secondary N) is 1. The van der Waals surface area contributed by atoms with E-state index in [0.717, 1.165) is 25.4 Å². The van der Waals surface area contributed by atoms with Crippen molar-refractivity contribution in [3.8, 4) is 5.75 Å². The highest BCUT2D eigenvalue weighted by Gasteiger charge is 2.33. The summed E-state index contributed by atoms with van der Waals surface area (Å²) in [5.41, 5.74) is 1.26. The van der Waals surface area contributed by atoms with Crippen LogP contribution in [0.25, 0.3) is 0 Å². The zero-order valence-electron chi connectivity index (χ0n) is 13.3. The van der Waals surface area contributed by atoms with Gasteiger partial charge >= 0.3 is 0 Å². The standard InChI is InChI=1S/C16H26N2O3/c1-17-14(12-5-7-13(19-2)8-6-12)9-18-10-15(20-3)16(11-18)21-4/h5-8,14-17H,9-11H2,1-4H3. The summed E-state index contributed by atoms with van der Waals surface area (Å²) in [4.78, 5) is 2.38. The smallest absolute Gasteiger partial charge is 0.118 e. The van der Waals surface area contributed by atoms with Crippen molar-refractivity contribution in [1.82, 2.24) is 10.2 Å². The third-order valence-electron chi connectivity index (χ3n) is 4.20. The van der Waals surface area contributed by atoms with Crippen molar-refractivity contribution in [1.29, 1.82) is 0 Å². The van der Waals surface area contributed by atoms with Gasteiger partial charge in [0.05, 0.1) is 19.3 Å². The molecule has 1 fully saturated rings. The van der Waals surface area contributed by atoms with Gasteiger partial charge in [0, 0.05) is 39.9 Å². The number of hydrogen-bond donors (Lipinski definition) is 1. The summed E-state index contributed by atoms with van der Waals surface area (Å²) in [5.74, 6) is 0.883. The predicted molar refractivity (Wildman–Crippen MR) is 82.8 cm³/mol. The first-order valence-corrected chi connectivity index (χ1v) is 7.31. The number of hydrogen-bond acceptors (Lipinski definition) is 5. The van der Waals surface area contributed by atoms with Crippen LogP contribution in [0, 0.1) is 0 Å². The Morgan fingerprint density at radius 1 is 1.10 bits per heavy atom. The fourth-order valence-electron chi connectivity index (χ4n) is 2.88. The van der Waals surface area contributed by atoms with Crippen molar-refractivity contribution in [3.63, 3.8) is 0 Å². The second kappa shape index (κ2) is 7.75. The molecule has 5 nitrogen and oxygen atoms in total. The van der Waals surface area contributed by atoms with Crippen LogP contribution in [0.3, 0.4) is 0 Å². The summed E-state index contributed by atoms with van der Waals surface area (Å²) in [6.07, 6.45) is 0.312. The minimum atomic E-state index is 0.156. The van der Waals surface area contributed by atoms with Crippen LogP contribution in [0.15, 0.2) is 24.3 Å². The predicted octanol–water partition coefficient (Wildman–Crippen LogP) is 1.30. The zero-order chi connectivity index (χ0) is 15.2. The molecule has 0 aliphatic carbocycles. The molecule has 1 aliphatic heterocycles. The van der Waals surface area contributed by atoms with E-state index in [-0.39, 0.29) is 18.2 Å². The van der Waals surface area contributed by atoms with Crippen LogP contribution in [-0.4, -0.2) is 65.1 Å². The van der Waals surface area contributed by atoms with E-state index < -0.39 is 0 Å². The van der Waals surface area contributed by atoms with Crippen molar-refractivity contribution in [3.05, 3.63) is 29.8 Å². The highest BCUT2D eigenvalue weighted by Crippen LogP contribution is 2.22. The van der Waals surface area contributed by atoms with E-state index in [2.05, 4.69) is 22.3 Å². The number of rotatable bonds is 7. The molecule has 1 N–H and O–H groups in total. The molecule has 2 rings (SSSR count). The maximum Gasteiger partial charge on any atom is 0.118 e. The Bertz CT molecular complexity index is 412. The van der Waals surface area contributed by atoms with Gasteiger partial charge < -0.3 is 19.5 Å². The fraction of sp³-hybridized carbons (Fsp3) is 0.625. The van der Waals surface area contributed by atoms with E-state index in [4.69, 9.17) is 14.2 Å². The van der Waals surface area contributed by atoms with Crippen LogP contribution < -0.4 is 10.1 Å². The lowest BCUT2D eigenvalue weighted by Gasteiger charge is -2.23. The molecule has 1 aromatic carbocycles. The lowest BCUT2D eigenvalue weighted by molar-refractivity contribution is -0.00461. The maximum absolute atomic E-state index is 5.49. The molecule has 0 radical (unpaired) electrons. The Kier molecular flexibility index (Phi) is 5.99. The number of likely N-dealkylation sites (tertiary alicyclic amines) is 1. The molecule has 118 valence electrons. The Balaban J connectivity index is 1.99. The fourth-order valence-corrected chi connectivity index (χ4v) is 2.88. The lowest BCUT2D eigenvalue weighted by Crippen LogP contribution is -2.33. The van der Waals surface area contributed by atoms with Gasteiger partial charge in [-0.15, -0.1) is 0 Å². The lowest BCUT2D eigenvalue weighted by atomic mass is 10.1. The molecule has 1 saturated heterocycles. The molecule has 1 aliphatic rings. The first-order valence-electron chi connectivity index (χ1n) is 7.31. The van der Waals surface area contributed by atoms with Gasteiger partial charge in [-0.25, -0.2) is 0 Å². The molecule has 0 spiro atoms. The summed E-state index contributed by atoms with van der Waals surface area (Å²) < 4.78 is 16.2. The molecule has 0 saturated carbocycles. The van der Waals surface area contributed by atoms with Gasteiger partial charge in [-0.3, -0.25) is 4.90 Å². The van der Waals surface area contributed by atoms with Crippen LogP contribution >= 0.6 is 0 Å². The van der Waals surface area contributed by atoms with Gasteiger partial charge in [0.1, 0.15) is 5.75 Å². The van der Waals surface area contributed by atoms with Crippen LogP contribution in [0.5, 0.6) is 5.75 Å². The summed E-state index contributed by atoms with van der Waals surface area (Å²) in [6.45, 7) is 2.75. The topological polar surface area (TPSA) is 43.0 Å². The average molecular weight is 294 g/mol. The zero-order valence-corrected chi connectivity index (χ0v) is 13.3. The number of ether oxygens (including phenoxy) is 3. The molecule has 0 aromatic heterocycles. The Labute approximate surface area is 127 Å². The molecule has 3 atom stereocenters. The Morgan fingerprint density at radius 3 is 2.10 bits per heavy atom. The minimum Gasteiger partial charge on any atom is -0.497 e. The molecular weight excluding hydrogens is 268 g/mol. The van der Waals surface area contributed by atoms with Crippen molar-refractivity contribution >= 4 is 0 Å². The number of methoxy groups -OCH3 is 3. The van der Waals surface area contributed by atoms with Gasteiger partial charge in [-0.1, -0.05) is 12.1 Å². The summed E-state index contributed by atoms with van der Waals surface area (Å²) in [5, 5.41) is 3.38. The normalized spacial score (nSPS) is 24.2. The first-order chi connectivity index (χ1) is 10.2. The SMILES string of the molecule is CNC(CN1CC(OC)C(OC)C1)c1ccc(OC)cc1. The highest BCUT2D eigenvalue weighted by atomic mass is 16.5. The molecule has 1 heterocycles. The molecule has 21 heavy (non-hydrogen) atoms. The third-order valence-corrected chi connectivity index (χ3v) is 4.20. The average Bonchev–Trinajstić information content (AvgIpc) is 2.94. The minimum absolute atomic E-state index is 0.156. The monoisotopic (exact) mass is 294 g/mol. The van der Waals surface area contributed by atoms with Gasteiger partial charge in [0.2, 0.25) is 0 Å². The number of benzene rings is 1. The molecule has 0 bridgehead atoms. The second-order valence-corrected chi connectivity index (χ2v) is 5.38. The van der Waals surface area contributed by atoms with Crippen LogP contribution in [-0.2, 0) is 9.47 Å². The maximum atomic E-state index is 5.49. The van der Waals surface area contributed by atoms with Gasteiger partial charge in [0.15, 0.2) is 0 Å². The quantitative estimate of drug-likeness (QED) is 0.821. The number of nitrogens with zero attached hydrogens (tertiary/aromatic N) is 1. The van der Waals surface area contributed by atoms with E-state index in [1.54, 1.807) is 21.3 Å². The molecule has 1 aromatic rings. The van der Waals surface area contributed by atoms with Gasteiger partial charge in [-0.05, 0) is 24.7 Å². The van der Waals surface area contributed by atoms with Crippen LogP contribution in [0.4, 0.5) is 0 Å². The van der Waals surface area contributed by atoms with Crippen molar-refractivity contribution in [2.24, 2.45) is 0 Å². The largest absolute Gasteiger partial charge is 0.497 e. The van der Waals surface area contributed by atoms with Gasteiger partial charge in [-0.2, -0.15) is 0 Å². The van der Waals surface area contributed by atoms with Gasteiger partial charge in [0.25, 0.3) is 0 Å². The van der Waals surface area contributed by atoms with E-state index in [1.807, 2.05) is 19.2 Å². The summed E-state index contributed by atoms with van der Waals surface area (Å²) in [7, 11) is 7.18. The first kappa shape index (κ1) is 16.2. The molecule has 3 unspecified atom stereocenters. The third kappa shape index (κ3) is 3.95. The van der Waals surface area contributed by atoms with Crippen LogP contribution in [0.2, 0.25) is 0 Å². The van der Waals surface area contributed by atoms with E-state index in [1.165, 1.54) is 5.56 Å². The Hall–Kier alpha value is -1.14. The van der Waals surface area contributed by atoms with Crippen molar-refractivity contribution in [2.75, 3.05) is 48.0 Å². The molecular formula is C16H26N2O3. The molecule has 5 heteroatoms. The highest BCUT2D eigenvalue weighted by molar-refractivity contribution is 5.29. The van der Waals surface area contributed by atoms with Crippen molar-refractivity contribution < 1.29 is 14.2 Å². The Morgan fingerprint density at radius 2 is 1.67 bits per heavy atom. The number of likely N-dealkylation sites (N-methyl/N-ethyl adjacent to an activating group) is 1. The summed E-state index contributed by atoms with van der Waals surface area (Å²) in [6, 6.07) is 8.50. The van der Waals surface area contributed by atoms with Crippen molar-refractivity contribution in [2.45, 2.75) is 18.2 Å². The second-order valence-electron chi connectivity index (χ2n) is 5.38. The van der Waals surface area contributed by atoms with E-state index >= 15 is 0 Å². The van der Waals surface area contributed by atoms with Crippen LogP contribution in [0.1, 0.15) is 11.6 Å².